The first-order valence-electron chi connectivity index (χ1n) is 7.70. The van der Waals surface area contributed by atoms with Crippen LogP contribution in [0.4, 0.5) is 5.82 Å². The van der Waals surface area contributed by atoms with Crippen LogP contribution in [0.25, 0.3) is 0 Å². The molecule has 3 nitrogen and oxygen atoms in total. The second-order valence-electron chi connectivity index (χ2n) is 5.69. The predicted molar refractivity (Wildman–Crippen MR) is 89.0 cm³/mol. The number of nitrogens with zero attached hydrogens (tertiary/aromatic N) is 1. The Bertz CT molecular complexity index is 630. The monoisotopic (exact) mass is 299 g/mol. The highest BCUT2D eigenvalue weighted by Gasteiger charge is 2.17. The van der Waals surface area contributed by atoms with E-state index in [0.717, 1.165) is 18.2 Å². The maximum absolute atomic E-state index is 5.32. The lowest BCUT2D eigenvalue weighted by atomic mass is 9.89. The van der Waals surface area contributed by atoms with E-state index in [1.54, 1.807) is 0 Å². The Morgan fingerprint density at radius 2 is 1.90 bits per heavy atom. The van der Waals surface area contributed by atoms with Crippen molar-refractivity contribution in [3.8, 4) is 0 Å². The Morgan fingerprint density at radius 1 is 1.14 bits per heavy atom. The van der Waals surface area contributed by atoms with E-state index in [9.17, 15) is 0 Å². The summed E-state index contributed by atoms with van der Waals surface area (Å²) in [6.07, 6.45) is 6.40. The number of benzene rings is 1. The van der Waals surface area contributed by atoms with Gasteiger partial charge in [0.2, 0.25) is 0 Å². The van der Waals surface area contributed by atoms with Gasteiger partial charge in [0.25, 0.3) is 0 Å². The van der Waals surface area contributed by atoms with Crippen LogP contribution in [-0.4, -0.2) is 9.97 Å². The van der Waals surface area contributed by atoms with Crippen LogP contribution in [0, 0.1) is 4.64 Å². The standard InChI is InChI=1S/C17H21N3S/c21-16-11-15(18-12-13-7-3-1-4-8-13)19-17(20-16)14-9-5-2-6-10-14/h1,3-4,7-8,11,14H,2,5-6,9-10,12H2,(H2,18,19,20,21). The Morgan fingerprint density at radius 3 is 2.67 bits per heavy atom. The first-order chi connectivity index (χ1) is 10.3. The molecule has 0 aliphatic heterocycles. The van der Waals surface area contributed by atoms with Crippen molar-refractivity contribution in [1.82, 2.24) is 9.97 Å². The number of rotatable bonds is 4. The highest BCUT2D eigenvalue weighted by atomic mass is 32.1. The van der Waals surface area contributed by atoms with Gasteiger partial charge in [-0.25, -0.2) is 4.98 Å². The molecule has 2 aromatic rings. The fourth-order valence-corrected chi connectivity index (χ4v) is 3.15. The number of anilines is 1. The van der Waals surface area contributed by atoms with Crippen LogP contribution in [-0.2, 0) is 6.54 Å². The third kappa shape index (κ3) is 3.91. The molecule has 0 saturated heterocycles. The molecular formula is C17H21N3S. The highest BCUT2D eigenvalue weighted by molar-refractivity contribution is 7.71. The number of aromatic nitrogens is 2. The molecule has 0 atom stereocenters. The van der Waals surface area contributed by atoms with E-state index in [1.165, 1.54) is 37.7 Å². The fraction of sp³-hybridized carbons (Fsp3) is 0.412. The van der Waals surface area contributed by atoms with E-state index in [2.05, 4.69) is 39.6 Å². The van der Waals surface area contributed by atoms with E-state index in [-0.39, 0.29) is 0 Å². The largest absolute Gasteiger partial charge is 0.367 e. The highest BCUT2D eigenvalue weighted by Crippen LogP contribution is 2.30. The van der Waals surface area contributed by atoms with Crippen molar-refractivity contribution in [2.24, 2.45) is 0 Å². The zero-order valence-electron chi connectivity index (χ0n) is 12.1. The van der Waals surface area contributed by atoms with Crippen molar-refractivity contribution < 1.29 is 0 Å². The smallest absolute Gasteiger partial charge is 0.131 e. The summed E-state index contributed by atoms with van der Waals surface area (Å²) >= 11 is 5.32. The van der Waals surface area contributed by atoms with E-state index in [1.807, 2.05) is 12.1 Å². The van der Waals surface area contributed by atoms with E-state index < -0.39 is 0 Å². The SMILES string of the molecule is S=c1cc(NCc2ccccc2)[nH]c(C2CCCCC2)n1. The lowest BCUT2D eigenvalue weighted by molar-refractivity contribution is 0.428. The maximum atomic E-state index is 5.32. The molecule has 110 valence electrons. The lowest BCUT2D eigenvalue weighted by Crippen LogP contribution is -2.11. The van der Waals surface area contributed by atoms with E-state index >= 15 is 0 Å². The van der Waals surface area contributed by atoms with Gasteiger partial charge in [-0.1, -0.05) is 61.8 Å². The Labute approximate surface area is 130 Å². The molecule has 1 heterocycles. The Hall–Kier alpha value is -1.68. The van der Waals surface area contributed by atoms with Crippen molar-refractivity contribution in [1.29, 1.82) is 0 Å². The molecule has 21 heavy (non-hydrogen) atoms. The van der Waals surface area contributed by atoms with E-state index in [4.69, 9.17) is 12.2 Å². The van der Waals surface area contributed by atoms with Gasteiger partial charge in [0.15, 0.2) is 0 Å². The molecule has 1 fully saturated rings. The van der Waals surface area contributed by atoms with Gasteiger partial charge in [-0.3, -0.25) is 0 Å². The van der Waals surface area contributed by atoms with Crippen molar-refractivity contribution in [3.63, 3.8) is 0 Å². The van der Waals surface area contributed by atoms with Gasteiger partial charge in [0.05, 0.1) is 0 Å². The van der Waals surface area contributed by atoms with E-state index in [0.29, 0.717) is 10.6 Å². The first kappa shape index (κ1) is 14.3. The molecule has 1 saturated carbocycles. The van der Waals surface area contributed by atoms with Gasteiger partial charge in [-0.2, -0.15) is 0 Å². The third-order valence-corrected chi connectivity index (χ3v) is 4.29. The number of hydrogen-bond donors (Lipinski definition) is 2. The Balaban J connectivity index is 1.73. The molecule has 3 rings (SSSR count). The van der Waals surface area contributed by atoms with Crippen LogP contribution in [0.2, 0.25) is 0 Å². The van der Waals surface area contributed by atoms with Gasteiger partial charge in [0, 0.05) is 18.5 Å². The van der Waals surface area contributed by atoms with Gasteiger partial charge in [-0.15, -0.1) is 0 Å². The molecule has 1 aliphatic carbocycles. The van der Waals surface area contributed by atoms with Gasteiger partial charge < -0.3 is 10.3 Å². The maximum Gasteiger partial charge on any atom is 0.131 e. The first-order valence-corrected chi connectivity index (χ1v) is 8.11. The second-order valence-corrected chi connectivity index (χ2v) is 6.11. The van der Waals surface area contributed by atoms with Gasteiger partial charge in [-0.05, 0) is 18.4 Å². The van der Waals surface area contributed by atoms with Crippen molar-refractivity contribution in [3.05, 3.63) is 52.4 Å². The molecule has 0 bridgehead atoms. The molecule has 1 aliphatic rings. The summed E-state index contributed by atoms with van der Waals surface area (Å²) in [6.45, 7) is 0.792. The molecule has 0 amide bonds. The van der Waals surface area contributed by atoms with Crippen molar-refractivity contribution >= 4 is 18.0 Å². The molecule has 1 aromatic carbocycles. The molecule has 4 heteroatoms. The van der Waals surface area contributed by atoms with Crippen LogP contribution in [0.3, 0.4) is 0 Å². The molecule has 0 radical (unpaired) electrons. The van der Waals surface area contributed by atoms with Crippen molar-refractivity contribution in [2.75, 3.05) is 5.32 Å². The number of aromatic amines is 1. The van der Waals surface area contributed by atoms with Gasteiger partial charge >= 0.3 is 0 Å². The number of hydrogen-bond acceptors (Lipinski definition) is 3. The summed E-state index contributed by atoms with van der Waals surface area (Å²) in [7, 11) is 0. The second kappa shape index (κ2) is 6.85. The number of nitrogens with one attached hydrogen (secondary N) is 2. The summed E-state index contributed by atoms with van der Waals surface area (Å²) in [6, 6.07) is 12.3. The molecular weight excluding hydrogens is 278 g/mol. The quantitative estimate of drug-likeness (QED) is 0.797. The summed E-state index contributed by atoms with van der Waals surface area (Å²) < 4.78 is 0.671. The average molecular weight is 299 g/mol. The fourth-order valence-electron chi connectivity index (χ4n) is 2.93. The summed E-state index contributed by atoms with van der Waals surface area (Å²) in [5.41, 5.74) is 1.26. The molecule has 0 spiro atoms. The average Bonchev–Trinajstić information content (AvgIpc) is 2.54. The zero-order chi connectivity index (χ0) is 14.5. The Kier molecular flexibility index (Phi) is 4.65. The molecule has 0 unspecified atom stereocenters. The topological polar surface area (TPSA) is 40.7 Å². The van der Waals surface area contributed by atoms with Crippen LogP contribution in [0.1, 0.15) is 49.4 Å². The minimum absolute atomic E-state index is 0.541. The van der Waals surface area contributed by atoms with Gasteiger partial charge in [0.1, 0.15) is 16.3 Å². The normalized spacial score (nSPS) is 15.8. The van der Waals surface area contributed by atoms with Crippen LogP contribution in [0.15, 0.2) is 36.4 Å². The summed E-state index contributed by atoms with van der Waals surface area (Å²) in [5.74, 6) is 2.57. The summed E-state index contributed by atoms with van der Waals surface area (Å²) in [5, 5.41) is 3.42. The van der Waals surface area contributed by atoms with Crippen LogP contribution >= 0.6 is 12.2 Å². The third-order valence-electron chi connectivity index (χ3n) is 4.08. The van der Waals surface area contributed by atoms with Crippen molar-refractivity contribution in [2.45, 2.75) is 44.6 Å². The number of H-pyrrole nitrogens is 1. The zero-order valence-corrected chi connectivity index (χ0v) is 13.0. The minimum atomic E-state index is 0.541. The molecule has 1 aromatic heterocycles. The summed E-state index contributed by atoms with van der Waals surface area (Å²) in [4.78, 5) is 7.97. The lowest BCUT2D eigenvalue weighted by Gasteiger charge is -2.21. The molecule has 2 N–H and O–H groups in total. The van der Waals surface area contributed by atoms with Crippen LogP contribution < -0.4 is 5.32 Å². The van der Waals surface area contributed by atoms with Crippen LogP contribution in [0.5, 0.6) is 0 Å². The predicted octanol–water partition coefficient (Wildman–Crippen LogP) is 4.80. The minimum Gasteiger partial charge on any atom is -0.367 e.